The predicted octanol–water partition coefficient (Wildman–Crippen LogP) is 2.95. The summed E-state index contributed by atoms with van der Waals surface area (Å²) in [5, 5.41) is 14.0. The van der Waals surface area contributed by atoms with Crippen LogP contribution < -0.4 is 5.32 Å². The Hall–Kier alpha value is -1.14. The van der Waals surface area contributed by atoms with Crippen LogP contribution in [-0.2, 0) is 4.74 Å². The zero-order valence-corrected chi connectivity index (χ0v) is 10.9. The lowest BCUT2D eigenvalue weighted by Gasteiger charge is -2.35. The zero-order valence-electron chi connectivity index (χ0n) is 9.35. The van der Waals surface area contributed by atoms with Crippen molar-refractivity contribution in [3.63, 3.8) is 0 Å². The Morgan fingerprint density at radius 1 is 1.53 bits per heavy atom. The normalized spacial score (nSPS) is 22.9. The lowest BCUT2D eigenvalue weighted by atomic mass is 9.89. The number of rotatable bonds is 4. The number of nitrogens with one attached hydrogen (secondary N) is 1. The molecule has 17 heavy (non-hydrogen) atoms. The van der Waals surface area contributed by atoms with E-state index in [0.29, 0.717) is 5.69 Å². The van der Waals surface area contributed by atoms with E-state index >= 15 is 0 Å². The molecule has 1 saturated carbocycles. The summed E-state index contributed by atoms with van der Waals surface area (Å²) >= 11 is 3.31. The Kier molecular flexibility index (Phi) is 3.63. The largest absolute Gasteiger partial charge is 0.381 e. The Bertz CT molecular complexity index is 433. The van der Waals surface area contributed by atoms with E-state index in [0.717, 1.165) is 17.3 Å². The quantitative estimate of drug-likeness (QED) is 0.686. The summed E-state index contributed by atoms with van der Waals surface area (Å²) in [7, 11) is 1.68. The first kappa shape index (κ1) is 12.3. The van der Waals surface area contributed by atoms with Crippen LogP contribution in [0.3, 0.4) is 0 Å². The van der Waals surface area contributed by atoms with Crippen LogP contribution in [0.4, 0.5) is 11.4 Å². The Labute approximate surface area is 107 Å². The number of anilines is 1. The van der Waals surface area contributed by atoms with Crippen LogP contribution in [0, 0.1) is 10.1 Å². The molecule has 0 unspecified atom stereocenters. The fourth-order valence-corrected chi connectivity index (χ4v) is 2.24. The molecule has 0 spiro atoms. The van der Waals surface area contributed by atoms with E-state index in [-0.39, 0.29) is 22.8 Å². The van der Waals surface area contributed by atoms with Gasteiger partial charge in [-0.2, -0.15) is 0 Å². The van der Waals surface area contributed by atoms with Crippen molar-refractivity contribution >= 4 is 27.3 Å². The Balaban J connectivity index is 2.09. The smallest absolute Gasteiger partial charge is 0.292 e. The number of methoxy groups -OCH3 is 1. The molecular weight excluding hydrogens is 288 g/mol. The lowest BCUT2D eigenvalue weighted by molar-refractivity contribution is -0.384. The summed E-state index contributed by atoms with van der Waals surface area (Å²) < 4.78 is 6.00. The number of nitrogens with zero attached hydrogens (tertiary/aromatic N) is 1. The van der Waals surface area contributed by atoms with Gasteiger partial charge in [-0.05, 0) is 25.0 Å². The SMILES string of the molecule is COC1CC(Nc2cc(Br)ccc2[N+](=O)[O-])C1. The first-order chi connectivity index (χ1) is 8.10. The second-order valence-electron chi connectivity index (χ2n) is 4.09. The van der Waals surface area contributed by atoms with Gasteiger partial charge in [0.15, 0.2) is 0 Å². The van der Waals surface area contributed by atoms with Crippen molar-refractivity contribution in [2.24, 2.45) is 0 Å². The van der Waals surface area contributed by atoms with Crippen molar-refractivity contribution < 1.29 is 9.66 Å². The topological polar surface area (TPSA) is 64.4 Å². The van der Waals surface area contributed by atoms with Gasteiger partial charge in [-0.1, -0.05) is 15.9 Å². The van der Waals surface area contributed by atoms with Gasteiger partial charge in [0.1, 0.15) is 5.69 Å². The monoisotopic (exact) mass is 300 g/mol. The molecule has 1 aliphatic carbocycles. The van der Waals surface area contributed by atoms with Crippen LogP contribution in [0.25, 0.3) is 0 Å². The molecule has 1 aromatic rings. The molecule has 0 radical (unpaired) electrons. The number of ether oxygens (including phenoxy) is 1. The third-order valence-corrected chi connectivity index (χ3v) is 3.44. The van der Waals surface area contributed by atoms with Gasteiger partial charge in [0.2, 0.25) is 0 Å². The van der Waals surface area contributed by atoms with E-state index in [1.54, 1.807) is 19.2 Å². The first-order valence-corrected chi connectivity index (χ1v) is 6.12. The van der Waals surface area contributed by atoms with Crippen LogP contribution in [0.2, 0.25) is 0 Å². The number of nitro groups is 1. The Morgan fingerprint density at radius 2 is 2.24 bits per heavy atom. The van der Waals surface area contributed by atoms with Crippen LogP contribution in [0.5, 0.6) is 0 Å². The molecule has 0 aliphatic heterocycles. The predicted molar refractivity (Wildman–Crippen MR) is 68.2 cm³/mol. The van der Waals surface area contributed by atoms with Crippen LogP contribution in [0.15, 0.2) is 22.7 Å². The summed E-state index contributed by atoms with van der Waals surface area (Å²) in [6.07, 6.45) is 2.05. The van der Waals surface area contributed by atoms with Gasteiger partial charge in [-0.3, -0.25) is 10.1 Å². The summed E-state index contributed by atoms with van der Waals surface area (Å²) in [5.41, 5.74) is 0.665. The first-order valence-electron chi connectivity index (χ1n) is 5.33. The number of benzene rings is 1. The lowest BCUT2D eigenvalue weighted by Crippen LogP contribution is -2.40. The van der Waals surface area contributed by atoms with E-state index in [1.165, 1.54) is 6.07 Å². The van der Waals surface area contributed by atoms with Crippen molar-refractivity contribution in [2.75, 3.05) is 12.4 Å². The van der Waals surface area contributed by atoms with E-state index in [9.17, 15) is 10.1 Å². The number of halogens is 1. The van der Waals surface area contributed by atoms with Gasteiger partial charge < -0.3 is 10.1 Å². The van der Waals surface area contributed by atoms with Gasteiger partial charge >= 0.3 is 0 Å². The molecule has 92 valence electrons. The van der Waals surface area contributed by atoms with Crippen LogP contribution in [0.1, 0.15) is 12.8 Å². The van der Waals surface area contributed by atoms with Crippen molar-refractivity contribution in [2.45, 2.75) is 25.0 Å². The second kappa shape index (κ2) is 5.01. The molecule has 0 amide bonds. The number of nitro benzene ring substituents is 1. The average Bonchev–Trinajstić information content (AvgIpc) is 2.22. The van der Waals surface area contributed by atoms with Gasteiger partial charge in [0.05, 0.1) is 11.0 Å². The highest BCUT2D eigenvalue weighted by atomic mass is 79.9. The number of hydrogen-bond donors (Lipinski definition) is 1. The molecule has 2 rings (SSSR count). The van der Waals surface area contributed by atoms with E-state index in [4.69, 9.17) is 4.74 Å². The van der Waals surface area contributed by atoms with Gasteiger partial charge in [-0.25, -0.2) is 0 Å². The highest BCUT2D eigenvalue weighted by Crippen LogP contribution is 2.32. The standard InChI is InChI=1S/C11H13BrN2O3/c1-17-9-5-8(6-9)13-10-4-7(12)2-3-11(10)14(15)16/h2-4,8-9,13H,5-6H2,1H3. The zero-order chi connectivity index (χ0) is 12.4. The number of hydrogen-bond acceptors (Lipinski definition) is 4. The second-order valence-corrected chi connectivity index (χ2v) is 5.00. The molecule has 1 fully saturated rings. The fraction of sp³-hybridized carbons (Fsp3) is 0.455. The maximum absolute atomic E-state index is 10.9. The van der Waals surface area contributed by atoms with Crippen molar-refractivity contribution in [3.05, 3.63) is 32.8 Å². The molecule has 0 heterocycles. The fourth-order valence-electron chi connectivity index (χ4n) is 1.88. The minimum Gasteiger partial charge on any atom is -0.381 e. The third-order valence-electron chi connectivity index (χ3n) is 2.94. The van der Waals surface area contributed by atoms with Gasteiger partial charge in [0, 0.05) is 23.7 Å². The molecule has 0 aromatic heterocycles. The van der Waals surface area contributed by atoms with E-state index in [1.807, 2.05) is 0 Å². The van der Waals surface area contributed by atoms with Crippen LogP contribution in [-0.4, -0.2) is 24.2 Å². The Morgan fingerprint density at radius 3 is 2.82 bits per heavy atom. The van der Waals surface area contributed by atoms with Crippen LogP contribution >= 0.6 is 15.9 Å². The van der Waals surface area contributed by atoms with Crippen molar-refractivity contribution in [3.8, 4) is 0 Å². The molecule has 0 atom stereocenters. The van der Waals surface area contributed by atoms with E-state index in [2.05, 4.69) is 21.2 Å². The summed E-state index contributed by atoms with van der Waals surface area (Å²) in [6.45, 7) is 0. The molecule has 5 nitrogen and oxygen atoms in total. The molecule has 0 saturated heterocycles. The molecule has 0 bridgehead atoms. The van der Waals surface area contributed by atoms with Crippen molar-refractivity contribution in [1.82, 2.24) is 0 Å². The van der Waals surface area contributed by atoms with Gasteiger partial charge in [-0.15, -0.1) is 0 Å². The maximum atomic E-state index is 10.9. The van der Waals surface area contributed by atoms with E-state index < -0.39 is 0 Å². The highest BCUT2D eigenvalue weighted by Gasteiger charge is 2.30. The average molecular weight is 301 g/mol. The minimum absolute atomic E-state index is 0.106. The molecule has 1 aromatic carbocycles. The van der Waals surface area contributed by atoms with Gasteiger partial charge in [0.25, 0.3) is 5.69 Å². The summed E-state index contributed by atoms with van der Waals surface area (Å²) in [4.78, 5) is 10.5. The third kappa shape index (κ3) is 2.76. The molecule has 1 aliphatic rings. The molecule has 1 N–H and O–H groups in total. The molecular formula is C11H13BrN2O3. The summed E-state index contributed by atoms with van der Waals surface area (Å²) in [5.74, 6) is 0. The maximum Gasteiger partial charge on any atom is 0.292 e. The minimum atomic E-state index is -0.374. The summed E-state index contributed by atoms with van der Waals surface area (Å²) in [6, 6.07) is 5.16. The van der Waals surface area contributed by atoms with Crippen molar-refractivity contribution in [1.29, 1.82) is 0 Å². The molecule has 6 heteroatoms. The highest BCUT2D eigenvalue weighted by molar-refractivity contribution is 9.10.